The number of hydrogen-bond donors (Lipinski definition) is 2. The molecule has 0 saturated heterocycles. The Labute approximate surface area is 120 Å². The number of hydrogen-bond acceptors (Lipinski definition) is 5. The van der Waals surface area contributed by atoms with Gasteiger partial charge in [-0.25, -0.2) is 0 Å². The Kier molecular flexibility index (Phi) is 3.93. The first-order valence-corrected chi connectivity index (χ1v) is 6.29. The van der Waals surface area contributed by atoms with Gasteiger partial charge in [-0.1, -0.05) is 0 Å². The lowest BCUT2D eigenvalue weighted by Crippen LogP contribution is -2.13. The summed E-state index contributed by atoms with van der Waals surface area (Å²) < 4.78 is 5.47. The fraction of sp³-hybridized carbons (Fsp3) is 0.214. The van der Waals surface area contributed by atoms with Crippen LogP contribution >= 0.6 is 0 Å². The van der Waals surface area contributed by atoms with Crippen LogP contribution in [0.3, 0.4) is 0 Å². The van der Waals surface area contributed by atoms with Gasteiger partial charge in [0.15, 0.2) is 0 Å². The minimum atomic E-state index is -0.644. The number of nitro groups is 1. The van der Waals surface area contributed by atoms with Crippen LogP contribution in [0.1, 0.15) is 34.8 Å². The minimum absolute atomic E-state index is 0.130. The molecule has 1 aromatic heterocycles. The van der Waals surface area contributed by atoms with E-state index < -0.39 is 10.8 Å². The summed E-state index contributed by atoms with van der Waals surface area (Å²) in [5.41, 5.74) is 5.49. The van der Waals surface area contributed by atoms with Crippen LogP contribution in [0.2, 0.25) is 0 Å². The fourth-order valence-electron chi connectivity index (χ4n) is 1.95. The lowest BCUT2D eigenvalue weighted by molar-refractivity contribution is -0.384. The lowest BCUT2D eigenvalue weighted by Gasteiger charge is -2.13. The van der Waals surface area contributed by atoms with Crippen LogP contribution in [0.25, 0.3) is 0 Å². The zero-order chi connectivity index (χ0) is 15.6. The first-order chi connectivity index (χ1) is 9.88. The molecule has 7 heteroatoms. The van der Waals surface area contributed by atoms with Crippen molar-refractivity contribution in [3.8, 4) is 0 Å². The SMILES string of the molecule is Cc1ccc(C(C)Nc2cc(C(N)=O)ccc2[N+](=O)[O-])o1. The Morgan fingerprint density at radius 2 is 2.10 bits per heavy atom. The molecule has 3 N–H and O–H groups in total. The highest BCUT2D eigenvalue weighted by Gasteiger charge is 2.19. The number of nitrogens with two attached hydrogens (primary N) is 1. The maximum atomic E-state index is 11.2. The number of benzene rings is 1. The van der Waals surface area contributed by atoms with Crippen LogP contribution < -0.4 is 11.1 Å². The largest absolute Gasteiger partial charge is 0.464 e. The number of furan rings is 1. The van der Waals surface area contributed by atoms with E-state index in [4.69, 9.17) is 10.2 Å². The third-order valence-electron chi connectivity index (χ3n) is 3.04. The van der Waals surface area contributed by atoms with Crippen molar-refractivity contribution in [2.24, 2.45) is 5.73 Å². The molecule has 0 aliphatic carbocycles. The fourth-order valence-corrected chi connectivity index (χ4v) is 1.95. The quantitative estimate of drug-likeness (QED) is 0.649. The molecule has 0 radical (unpaired) electrons. The summed E-state index contributed by atoms with van der Waals surface area (Å²) in [6, 6.07) is 7.25. The van der Waals surface area contributed by atoms with E-state index in [0.717, 1.165) is 5.76 Å². The third kappa shape index (κ3) is 3.19. The predicted octanol–water partition coefficient (Wildman–Crippen LogP) is 2.77. The normalized spacial score (nSPS) is 11.9. The second-order valence-corrected chi connectivity index (χ2v) is 4.67. The number of aryl methyl sites for hydroxylation is 1. The average molecular weight is 289 g/mol. The standard InChI is InChI=1S/C14H15N3O4/c1-8-3-6-13(21-8)9(2)16-11-7-10(14(15)18)4-5-12(11)17(19)20/h3-7,9,16H,1-2H3,(H2,15,18). The molecule has 1 aromatic carbocycles. The molecule has 2 aromatic rings. The molecule has 7 nitrogen and oxygen atoms in total. The molecule has 1 unspecified atom stereocenters. The molecule has 0 saturated carbocycles. The monoisotopic (exact) mass is 289 g/mol. The maximum absolute atomic E-state index is 11.2. The van der Waals surface area contributed by atoms with Crippen molar-refractivity contribution < 1.29 is 14.1 Å². The van der Waals surface area contributed by atoms with E-state index in [1.54, 1.807) is 13.0 Å². The van der Waals surface area contributed by atoms with Crippen molar-refractivity contribution in [3.05, 3.63) is 57.5 Å². The van der Waals surface area contributed by atoms with Gasteiger partial charge in [0, 0.05) is 11.6 Å². The summed E-state index contributed by atoms with van der Waals surface area (Å²) in [5, 5.41) is 14.0. The molecular formula is C14H15N3O4. The first-order valence-electron chi connectivity index (χ1n) is 6.29. The van der Waals surface area contributed by atoms with Crippen molar-refractivity contribution in [1.82, 2.24) is 0 Å². The van der Waals surface area contributed by atoms with Gasteiger partial charge in [-0.05, 0) is 38.1 Å². The Bertz CT molecular complexity index is 693. The molecule has 1 amide bonds. The van der Waals surface area contributed by atoms with Crippen LogP contribution in [0, 0.1) is 17.0 Å². The van der Waals surface area contributed by atoms with E-state index in [9.17, 15) is 14.9 Å². The number of amides is 1. The number of carbonyl (C=O) groups excluding carboxylic acids is 1. The lowest BCUT2D eigenvalue weighted by atomic mass is 10.1. The first kappa shape index (κ1) is 14.6. The molecule has 0 spiro atoms. The molecule has 2 rings (SSSR count). The maximum Gasteiger partial charge on any atom is 0.292 e. The van der Waals surface area contributed by atoms with Crippen molar-refractivity contribution in [1.29, 1.82) is 0 Å². The van der Waals surface area contributed by atoms with E-state index in [2.05, 4.69) is 5.32 Å². The molecule has 110 valence electrons. The number of nitro benzene ring substituents is 1. The van der Waals surface area contributed by atoms with Gasteiger partial charge in [0.2, 0.25) is 5.91 Å². The Morgan fingerprint density at radius 1 is 1.38 bits per heavy atom. The molecule has 1 heterocycles. The number of carbonyl (C=O) groups is 1. The van der Waals surface area contributed by atoms with Gasteiger partial charge in [-0.2, -0.15) is 0 Å². The number of nitrogens with one attached hydrogen (secondary N) is 1. The van der Waals surface area contributed by atoms with Crippen LogP contribution in [-0.4, -0.2) is 10.8 Å². The van der Waals surface area contributed by atoms with Crippen molar-refractivity contribution in [2.75, 3.05) is 5.32 Å². The second-order valence-electron chi connectivity index (χ2n) is 4.67. The number of anilines is 1. The molecule has 0 bridgehead atoms. The smallest absolute Gasteiger partial charge is 0.292 e. The van der Waals surface area contributed by atoms with Crippen LogP contribution in [0.5, 0.6) is 0 Å². The van der Waals surface area contributed by atoms with Crippen LogP contribution in [-0.2, 0) is 0 Å². The molecule has 1 atom stereocenters. The molecule has 0 aliphatic rings. The van der Waals surface area contributed by atoms with Gasteiger partial charge in [0.05, 0.1) is 11.0 Å². The molecular weight excluding hydrogens is 274 g/mol. The summed E-state index contributed by atoms with van der Waals surface area (Å²) in [6.07, 6.45) is 0. The highest BCUT2D eigenvalue weighted by atomic mass is 16.6. The van der Waals surface area contributed by atoms with E-state index in [1.165, 1.54) is 18.2 Å². The molecule has 0 fully saturated rings. The van der Waals surface area contributed by atoms with Crippen molar-refractivity contribution >= 4 is 17.3 Å². The predicted molar refractivity (Wildman–Crippen MR) is 77.1 cm³/mol. The molecule has 21 heavy (non-hydrogen) atoms. The van der Waals surface area contributed by atoms with Gasteiger partial charge >= 0.3 is 0 Å². The minimum Gasteiger partial charge on any atom is -0.464 e. The zero-order valence-corrected chi connectivity index (χ0v) is 11.6. The van der Waals surface area contributed by atoms with E-state index in [0.29, 0.717) is 5.76 Å². The van der Waals surface area contributed by atoms with Crippen LogP contribution in [0.15, 0.2) is 34.7 Å². The third-order valence-corrected chi connectivity index (χ3v) is 3.04. The highest BCUT2D eigenvalue weighted by molar-refractivity contribution is 5.94. The Morgan fingerprint density at radius 3 is 2.62 bits per heavy atom. The van der Waals surface area contributed by atoms with Crippen LogP contribution in [0.4, 0.5) is 11.4 Å². The summed E-state index contributed by atoms with van der Waals surface area (Å²) >= 11 is 0. The highest BCUT2D eigenvalue weighted by Crippen LogP contribution is 2.29. The van der Waals surface area contributed by atoms with E-state index in [-0.39, 0.29) is 23.0 Å². The topological polar surface area (TPSA) is 111 Å². The van der Waals surface area contributed by atoms with Gasteiger partial charge in [-0.3, -0.25) is 14.9 Å². The van der Waals surface area contributed by atoms with E-state index in [1.807, 2.05) is 13.0 Å². The summed E-state index contributed by atoms with van der Waals surface area (Å²) in [6.45, 7) is 3.62. The molecule has 0 aliphatic heterocycles. The summed E-state index contributed by atoms with van der Waals surface area (Å²) in [5.74, 6) is 0.750. The van der Waals surface area contributed by atoms with E-state index >= 15 is 0 Å². The average Bonchev–Trinajstić information content (AvgIpc) is 2.85. The summed E-state index contributed by atoms with van der Waals surface area (Å²) in [7, 11) is 0. The number of nitrogens with zero attached hydrogens (tertiary/aromatic N) is 1. The van der Waals surface area contributed by atoms with Crippen molar-refractivity contribution in [3.63, 3.8) is 0 Å². The Hall–Kier alpha value is -2.83. The second kappa shape index (κ2) is 5.66. The van der Waals surface area contributed by atoms with Gasteiger partial charge in [0.1, 0.15) is 17.2 Å². The zero-order valence-electron chi connectivity index (χ0n) is 11.6. The van der Waals surface area contributed by atoms with Crippen molar-refractivity contribution in [2.45, 2.75) is 19.9 Å². The van der Waals surface area contributed by atoms with Gasteiger partial charge in [-0.15, -0.1) is 0 Å². The summed E-state index contributed by atoms with van der Waals surface area (Å²) in [4.78, 5) is 21.7. The number of rotatable bonds is 5. The Balaban J connectivity index is 2.34. The number of primary amides is 1. The van der Waals surface area contributed by atoms with Gasteiger partial charge in [0.25, 0.3) is 5.69 Å². The van der Waals surface area contributed by atoms with Gasteiger partial charge < -0.3 is 15.5 Å².